The minimum Gasteiger partial charge on any atom is -0.456 e. The van der Waals surface area contributed by atoms with Gasteiger partial charge in [-0.2, -0.15) is 0 Å². The van der Waals surface area contributed by atoms with Gasteiger partial charge in [-0.15, -0.1) is 0 Å². The van der Waals surface area contributed by atoms with Gasteiger partial charge in [0, 0.05) is 16.6 Å². The first-order valence-corrected chi connectivity index (χ1v) is 8.71. The van der Waals surface area contributed by atoms with E-state index in [1.54, 1.807) is 0 Å². The van der Waals surface area contributed by atoms with E-state index in [2.05, 4.69) is 63.2 Å². The van der Waals surface area contributed by atoms with Crippen LogP contribution in [0.1, 0.15) is 44.0 Å². The van der Waals surface area contributed by atoms with Crippen molar-refractivity contribution in [3.63, 3.8) is 0 Å². The number of para-hydroxylation sites is 1. The van der Waals surface area contributed by atoms with Crippen LogP contribution in [0.15, 0.2) is 48.5 Å². The quantitative estimate of drug-likeness (QED) is 0.594. The first-order chi connectivity index (χ1) is 11.5. The van der Waals surface area contributed by atoms with Crippen molar-refractivity contribution in [1.82, 2.24) is 4.98 Å². The molecule has 0 saturated carbocycles. The van der Waals surface area contributed by atoms with E-state index in [0.29, 0.717) is 0 Å². The van der Waals surface area contributed by atoms with Gasteiger partial charge in [0.05, 0.1) is 5.52 Å². The Bertz CT molecular complexity index is 888. The van der Waals surface area contributed by atoms with Crippen LogP contribution in [0, 0.1) is 0 Å². The van der Waals surface area contributed by atoms with Gasteiger partial charge >= 0.3 is 0 Å². The largest absolute Gasteiger partial charge is 0.456 e. The molecule has 0 atom stereocenters. The molecule has 0 spiro atoms. The number of fused-ring (bicyclic) bond motifs is 2. The molecule has 0 unspecified atom stereocenters. The summed E-state index contributed by atoms with van der Waals surface area (Å²) in [6.07, 6.45) is 3.28. The molecule has 3 aromatic rings. The molecular weight excluding hydrogens is 294 g/mol. The van der Waals surface area contributed by atoms with Gasteiger partial charge in [0.15, 0.2) is 0 Å². The second-order valence-corrected chi connectivity index (χ2v) is 7.61. The molecule has 2 aromatic carbocycles. The number of hydrogen-bond acceptors (Lipinski definition) is 2. The zero-order valence-electron chi connectivity index (χ0n) is 14.6. The number of rotatable bonds is 2. The SMILES string of the molecule is CC(C)(C)c1ccc(Oc2c3c(nc4ccccc24)CCC3)cc1. The van der Waals surface area contributed by atoms with E-state index in [1.165, 1.54) is 16.8 Å². The number of aryl methyl sites for hydroxylation is 1. The van der Waals surface area contributed by atoms with Crippen molar-refractivity contribution in [3.05, 3.63) is 65.4 Å². The minimum absolute atomic E-state index is 0.156. The number of aromatic nitrogens is 1. The third-order valence-electron chi connectivity index (χ3n) is 4.81. The first kappa shape index (κ1) is 15.2. The molecule has 0 N–H and O–H groups in total. The molecule has 0 radical (unpaired) electrons. The number of hydrogen-bond donors (Lipinski definition) is 0. The zero-order chi connectivity index (χ0) is 16.7. The molecule has 2 heteroatoms. The van der Waals surface area contributed by atoms with Crippen LogP contribution in [0.4, 0.5) is 0 Å². The number of nitrogens with zero attached hydrogens (tertiary/aromatic N) is 1. The van der Waals surface area contributed by atoms with Crippen LogP contribution in [0.5, 0.6) is 11.5 Å². The third-order valence-corrected chi connectivity index (χ3v) is 4.81. The Balaban J connectivity index is 1.77. The summed E-state index contributed by atoms with van der Waals surface area (Å²) in [7, 11) is 0. The molecular formula is C22H23NO. The predicted octanol–water partition coefficient (Wildman–Crippen LogP) is 5.81. The molecule has 24 heavy (non-hydrogen) atoms. The van der Waals surface area contributed by atoms with Gasteiger partial charge in [-0.05, 0) is 54.5 Å². The van der Waals surface area contributed by atoms with Gasteiger partial charge < -0.3 is 4.74 Å². The topological polar surface area (TPSA) is 22.1 Å². The van der Waals surface area contributed by atoms with Crippen LogP contribution in [0.2, 0.25) is 0 Å². The van der Waals surface area contributed by atoms with E-state index in [-0.39, 0.29) is 5.41 Å². The van der Waals surface area contributed by atoms with Crippen molar-refractivity contribution < 1.29 is 4.74 Å². The normalized spacial score (nSPS) is 14.0. The average molecular weight is 317 g/mol. The highest BCUT2D eigenvalue weighted by molar-refractivity contribution is 5.87. The Hall–Kier alpha value is -2.35. The van der Waals surface area contributed by atoms with Gasteiger partial charge in [-0.1, -0.05) is 45.0 Å². The van der Waals surface area contributed by atoms with Crippen molar-refractivity contribution >= 4 is 10.9 Å². The van der Waals surface area contributed by atoms with E-state index in [1.807, 2.05) is 6.07 Å². The number of ether oxygens (including phenoxy) is 1. The molecule has 0 fully saturated rings. The molecule has 0 bridgehead atoms. The van der Waals surface area contributed by atoms with Crippen LogP contribution in [0.25, 0.3) is 10.9 Å². The Morgan fingerprint density at radius 2 is 1.67 bits per heavy atom. The highest BCUT2D eigenvalue weighted by Crippen LogP contribution is 2.38. The molecule has 1 aromatic heterocycles. The van der Waals surface area contributed by atoms with Crippen molar-refractivity contribution in [2.45, 2.75) is 45.4 Å². The summed E-state index contributed by atoms with van der Waals surface area (Å²) >= 11 is 0. The van der Waals surface area contributed by atoms with E-state index in [0.717, 1.165) is 41.7 Å². The fraction of sp³-hybridized carbons (Fsp3) is 0.318. The highest BCUT2D eigenvalue weighted by atomic mass is 16.5. The standard InChI is InChI=1S/C22H23NO/c1-22(2,3)15-11-13-16(14-12-15)24-21-17-7-4-5-9-19(17)23-20-10-6-8-18(20)21/h4-5,7,9,11-14H,6,8,10H2,1-3H3. The highest BCUT2D eigenvalue weighted by Gasteiger charge is 2.21. The molecule has 122 valence electrons. The lowest BCUT2D eigenvalue weighted by atomic mass is 9.87. The summed E-state index contributed by atoms with van der Waals surface area (Å²) in [4.78, 5) is 4.82. The lowest BCUT2D eigenvalue weighted by molar-refractivity contribution is 0.481. The van der Waals surface area contributed by atoms with Gasteiger partial charge in [0.25, 0.3) is 0 Å². The van der Waals surface area contributed by atoms with Crippen molar-refractivity contribution in [3.8, 4) is 11.5 Å². The molecule has 4 rings (SSSR count). The van der Waals surface area contributed by atoms with E-state index >= 15 is 0 Å². The number of benzene rings is 2. The maximum Gasteiger partial charge on any atom is 0.141 e. The Morgan fingerprint density at radius 3 is 2.42 bits per heavy atom. The Labute approximate surface area is 143 Å². The van der Waals surface area contributed by atoms with Crippen molar-refractivity contribution in [1.29, 1.82) is 0 Å². The Kier molecular flexibility index (Phi) is 3.56. The molecule has 0 aliphatic heterocycles. The second-order valence-electron chi connectivity index (χ2n) is 7.61. The van der Waals surface area contributed by atoms with Gasteiger partial charge in [0.2, 0.25) is 0 Å². The summed E-state index contributed by atoms with van der Waals surface area (Å²) in [6.45, 7) is 6.68. The fourth-order valence-electron chi connectivity index (χ4n) is 3.42. The van der Waals surface area contributed by atoms with E-state index < -0.39 is 0 Å². The summed E-state index contributed by atoms with van der Waals surface area (Å²) < 4.78 is 6.36. The maximum atomic E-state index is 6.36. The van der Waals surface area contributed by atoms with Gasteiger partial charge in [-0.3, -0.25) is 4.98 Å². The zero-order valence-corrected chi connectivity index (χ0v) is 14.6. The second kappa shape index (κ2) is 5.62. The summed E-state index contributed by atoms with van der Waals surface area (Å²) in [5.74, 6) is 1.89. The third kappa shape index (κ3) is 2.66. The molecule has 1 aliphatic carbocycles. The molecule has 1 aliphatic rings. The molecule has 0 amide bonds. The minimum atomic E-state index is 0.156. The lowest BCUT2D eigenvalue weighted by Gasteiger charge is -2.19. The van der Waals surface area contributed by atoms with Crippen LogP contribution in [-0.2, 0) is 18.3 Å². The van der Waals surface area contributed by atoms with E-state index in [9.17, 15) is 0 Å². The van der Waals surface area contributed by atoms with Crippen LogP contribution < -0.4 is 4.74 Å². The fourth-order valence-corrected chi connectivity index (χ4v) is 3.42. The summed E-state index contributed by atoms with van der Waals surface area (Å²) in [5.41, 5.74) is 4.99. The first-order valence-electron chi connectivity index (χ1n) is 8.71. The smallest absolute Gasteiger partial charge is 0.141 e. The van der Waals surface area contributed by atoms with Crippen LogP contribution in [0.3, 0.4) is 0 Å². The summed E-state index contributed by atoms with van der Waals surface area (Å²) in [6, 6.07) is 16.8. The molecule has 0 saturated heterocycles. The molecule has 2 nitrogen and oxygen atoms in total. The monoisotopic (exact) mass is 317 g/mol. The lowest BCUT2D eigenvalue weighted by Crippen LogP contribution is -2.10. The van der Waals surface area contributed by atoms with Crippen molar-refractivity contribution in [2.75, 3.05) is 0 Å². The summed E-state index contributed by atoms with van der Waals surface area (Å²) in [5, 5.41) is 1.11. The van der Waals surface area contributed by atoms with Crippen LogP contribution >= 0.6 is 0 Å². The number of pyridine rings is 1. The van der Waals surface area contributed by atoms with Gasteiger partial charge in [-0.25, -0.2) is 0 Å². The van der Waals surface area contributed by atoms with Crippen molar-refractivity contribution in [2.24, 2.45) is 0 Å². The average Bonchev–Trinajstić information content (AvgIpc) is 3.02. The molecule has 1 heterocycles. The Morgan fingerprint density at radius 1 is 0.917 bits per heavy atom. The van der Waals surface area contributed by atoms with Gasteiger partial charge in [0.1, 0.15) is 11.5 Å². The van der Waals surface area contributed by atoms with Crippen LogP contribution in [-0.4, -0.2) is 4.98 Å². The van der Waals surface area contributed by atoms with E-state index in [4.69, 9.17) is 9.72 Å². The predicted molar refractivity (Wildman–Crippen MR) is 99.0 cm³/mol. The maximum absolute atomic E-state index is 6.36.